The molecule has 0 heterocycles. The van der Waals surface area contributed by atoms with E-state index in [9.17, 15) is 14.7 Å². The number of carbonyl (C=O) groups excluding carboxylic acids is 1. The number of hydrogen-bond acceptors (Lipinski definition) is 2. The summed E-state index contributed by atoms with van der Waals surface area (Å²) in [4.78, 5) is 24.2. The zero-order valence-corrected chi connectivity index (χ0v) is 14.3. The van der Waals surface area contributed by atoms with Crippen molar-refractivity contribution in [2.75, 3.05) is 0 Å². The van der Waals surface area contributed by atoms with Gasteiger partial charge in [0.1, 0.15) is 5.78 Å². The van der Waals surface area contributed by atoms with E-state index in [-0.39, 0.29) is 23.5 Å². The van der Waals surface area contributed by atoms with E-state index < -0.39 is 11.4 Å². The molecule has 2 fully saturated rings. The molecule has 0 aliphatic heterocycles. The van der Waals surface area contributed by atoms with Crippen LogP contribution in [0.1, 0.15) is 25.3 Å². The van der Waals surface area contributed by atoms with Crippen LogP contribution in [0.25, 0.3) is 11.1 Å². The minimum atomic E-state index is -0.788. The smallest absolute Gasteiger partial charge is 0.310 e. The number of Topliss-reactive ketones (excluding diaryl/α,β-unsaturated/α-hetero) is 1. The number of carboxylic acids is 1. The molecule has 2 aliphatic rings. The molecule has 4 rings (SSSR count). The molecule has 25 heavy (non-hydrogen) atoms. The summed E-state index contributed by atoms with van der Waals surface area (Å²) in [5.41, 5.74) is 2.74. The third-order valence-corrected chi connectivity index (χ3v) is 6.28. The van der Waals surface area contributed by atoms with Crippen molar-refractivity contribution in [2.45, 2.75) is 26.2 Å². The summed E-state index contributed by atoms with van der Waals surface area (Å²) < 4.78 is 0. The SMILES string of the molecule is CCC1(C(=O)O)C2CC(Cc3ccc(-c4ccccc4)cc3)C(=O)C21. The molecule has 3 nitrogen and oxygen atoms in total. The maximum absolute atomic E-state index is 12.7. The predicted molar refractivity (Wildman–Crippen MR) is 96.0 cm³/mol. The van der Waals surface area contributed by atoms with Gasteiger partial charge in [0, 0.05) is 11.8 Å². The number of rotatable bonds is 5. The molecule has 0 amide bonds. The van der Waals surface area contributed by atoms with Crippen molar-refractivity contribution in [2.24, 2.45) is 23.2 Å². The van der Waals surface area contributed by atoms with Gasteiger partial charge in [-0.05, 0) is 41.9 Å². The largest absolute Gasteiger partial charge is 0.481 e. The first-order valence-corrected chi connectivity index (χ1v) is 8.99. The molecule has 128 valence electrons. The molecule has 0 aromatic heterocycles. The minimum Gasteiger partial charge on any atom is -0.481 e. The summed E-state index contributed by atoms with van der Waals surface area (Å²) in [5.74, 6) is -0.832. The number of hydrogen-bond donors (Lipinski definition) is 1. The summed E-state index contributed by atoms with van der Waals surface area (Å²) in [6.45, 7) is 1.89. The lowest BCUT2D eigenvalue weighted by molar-refractivity contribution is -0.147. The van der Waals surface area contributed by atoms with Crippen molar-refractivity contribution in [3.8, 4) is 11.1 Å². The number of carbonyl (C=O) groups is 2. The lowest BCUT2D eigenvalue weighted by atomic mass is 9.84. The number of benzene rings is 2. The molecule has 1 N–H and O–H groups in total. The summed E-state index contributed by atoms with van der Waals surface area (Å²) in [7, 11) is 0. The van der Waals surface area contributed by atoms with Gasteiger partial charge in [-0.1, -0.05) is 61.5 Å². The van der Waals surface area contributed by atoms with Crippen LogP contribution < -0.4 is 0 Å². The zero-order valence-electron chi connectivity index (χ0n) is 14.3. The molecule has 2 aromatic rings. The number of ketones is 1. The van der Waals surface area contributed by atoms with Crippen molar-refractivity contribution >= 4 is 11.8 Å². The average molecular weight is 334 g/mol. The first kappa shape index (κ1) is 16.1. The molecular weight excluding hydrogens is 312 g/mol. The Bertz CT molecular complexity index is 809. The zero-order chi connectivity index (χ0) is 17.6. The summed E-state index contributed by atoms with van der Waals surface area (Å²) in [6.07, 6.45) is 2.01. The van der Waals surface area contributed by atoms with Gasteiger partial charge < -0.3 is 5.11 Å². The third kappa shape index (κ3) is 2.41. The fourth-order valence-corrected chi connectivity index (χ4v) is 4.85. The van der Waals surface area contributed by atoms with Gasteiger partial charge in [0.05, 0.1) is 5.41 Å². The Morgan fingerprint density at radius 3 is 2.24 bits per heavy atom. The quantitative estimate of drug-likeness (QED) is 0.891. The Morgan fingerprint density at radius 1 is 1.08 bits per heavy atom. The molecule has 2 saturated carbocycles. The Kier molecular flexibility index (Phi) is 3.75. The van der Waals surface area contributed by atoms with Crippen LogP contribution in [0, 0.1) is 23.2 Å². The molecule has 4 atom stereocenters. The second-order valence-electron chi connectivity index (χ2n) is 7.39. The van der Waals surface area contributed by atoms with Gasteiger partial charge in [-0.2, -0.15) is 0 Å². The monoisotopic (exact) mass is 334 g/mol. The lowest BCUT2D eigenvalue weighted by Crippen LogP contribution is -2.27. The van der Waals surface area contributed by atoms with E-state index in [1.54, 1.807) is 0 Å². The van der Waals surface area contributed by atoms with Crippen LogP contribution >= 0.6 is 0 Å². The standard InChI is InChI=1S/C22H22O3/c1-2-22(21(24)25)18-13-17(20(23)19(18)22)12-14-8-10-16(11-9-14)15-6-4-3-5-7-15/h3-11,17-19H,2,12-13H2,1H3,(H,24,25). The van der Waals surface area contributed by atoms with Crippen LogP contribution in [0.4, 0.5) is 0 Å². The van der Waals surface area contributed by atoms with Crippen LogP contribution in [-0.4, -0.2) is 16.9 Å². The van der Waals surface area contributed by atoms with Crippen LogP contribution in [0.15, 0.2) is 54.6 Å². The van der Waals surface area contributed by atoms with Gasteiger partial charge in [-0.3, -0.25) is 9.59 Å². The topological polar surface area (TPSA) is 54.4 Å². The lowest BCUT2D eigenvalue weighted by Gasteiger charge is -2.18. The Balaban J connectivity index is 1.45. The van der Waals surface area contributed by atoms with Crippen molar-refractivity contribution in [3.63, 3.8) is 0 Å². The van der Waals surface area contributed by atoms with Gasteiger partial charge in [0.25, 0.3) is 0 Å². The van der Waals surface area contributed by atoms with E-state index in [0.717, 1.165) is 18.4 Å². The average Bonchev–Trinajstić information content (AvgIpc) is 3.19. The Labute approximate surface area is 147 Å². The van der Waals surface area contributed by atoms with E-state index in [1.165, 1.54) is 11.1 Å². The minimum absolute atomic E-state index is 0.0170. The maximum atomic E-state index is 12.7. The highest BCUT2D eigenvalue weighted by atomic mass is 16.4. The van der Waals surface area contributed by atoms with E-state index in [2.05, 4.69) is 36.4 Å². The number of aliphatic carboxylic acids is 1. The number of fused-ring (bicyclic) bond motifs is 1. The van der Waals surface area contributed by atoms with Gasteiger partial charge in [0.2, 0.25) is 0 Å². The molecule has 0 saturated heterocycles. The first-order valence-electron chi connectivity index (χ1n) is 8.99. The van der Waals surface area contributed by atoms with Crippen LogP contribution in [0.3, 0.4) is 0 Å². The summed E-state index contributed by atoms with van der Waals surface area (Å²) in [5, 5.41) is 9.49. The van der Waals surface area contributed by atoms with Gasteiger partial charge in [-0.25, -0.2) is 0 Å². The first-order chi connectivity index (χ1) is 12.1. The fraction of sp³-hybridized carbons (Fsp3) is 0.364. The van der Waals surface area contributed by atoms with Gasteiger partial charge in [0.15, 0.2) is 0 Å². The van der Waals surface area contributed by atoms with Crippen molar-refractivity contribution in [1.82, 2.24) is 0 Å². The fourth-order valence-electron chi connectivity index (χ4n) is 4.85. The highest BCUT2D eigenvalue weighted by Gasteiger charge is 2.75. The highest BCUT2D eigenvalue weighted by molar-refractivity contribution is 5.98. The second-order valence-corrected chi connectivity index (χ2v) is 7.39. The van der Waals surface area contributed by atoms with E-state index in [1.807, 2.05) is 25.1 Å². The molecule has 2 aromatic carbocycles. The maximum Gasteiger partial charge on any atom is 0.310 e. The summed E-state index contributed by atoms with van der Waals surface area (Å²) in [6, 6.07) is 18.6. The molecule has 0 radical (unpaired) electrons. The highest BCUT2D eigenvalue weighted by Crippen LogP contribution is 2.69. The van der Waals surface area contributed by atoms with Gasteiger partial charge >= 0.3 is 5.97 Å². The molecule has 2 aliphatic carbocycles. The third-order valence-electron chi connectivity index (χ3n) is 6.28. The second kappa shape index (κ2) is 5.83. The van der Waals surface area contributed by atoms with Crippen molar-refractivity contribution < 1.29 is 14.7 Å². The van der Waals surface area contributed by atoms with Crippen LogP contribution in [0.5, 0.6) is 0 Å². The predicted octanol–water partition coefficient (Wildman–Crippen LogP) is 4.21. The summed E-state index contributed by atoms with van der Waals surface area (Å²) >= 11 is 0. The van der Waals surface area contributed by atoms with Crippen molar-refractivity contribution in [1.29, 1.82) is 0 Å². The van der Waals surface area contributed by atoms with E-state index >= 15 is 0 Å². The molecule has 4 unspecified atom stereocenters. The molecular formula is C22H22O3. The Morgan fingerprint density at radius 2 is 1.72 bits per heavy atom. The van der Waals surface area contributed by atoms with Gasteiger partial charge in [-0.15, -0.1) is 0 Å². The molecule has 0 spiro atoms. The van der Waals surface area contributed by atoms with Crippen LogP contribution in [0.2, 0.25) is 0 Å². The molecule has 0 bridgehead atoms. The van der Waals surface area contributed by atoms with Crippen molar-refractivity contribution in [3.05, 3.63) is 60.2 Å². The van der Waals surface area contributed by atoms with E-state index in [4.69, 9.17) is 0 Å². The number of carboxylic acid groups (broad SMARTS) is 1. The van der Waals surface area contributed by atoms with Crippen LogP contribution in [-0.2, 0) is 16.0 Å². The van der Waals surface area contributed by atoms with E-state index in [0.29, 0.717) is 6.42 Å². The molecule has 3 heteroatoms. The Hall–Kier alpha value is -2.42. The normalized spacial score (nSPS) is 30.1.